The Morgan fingerprint density at radius 3 is 3.00 bits per heavy atom. The van der Waals surface area contributed by atoms with Crippen LogP contribution < -0.4 is 4.72 Å². The van der Waals surface area contributed by atoms with Gasteiger partial charge in [-0.15, -0.1) is 0 Å². The Labute approximate surface area is 124 Å². The maximum atomic E-state index is 12.3. The minimum Gasteiger partial charge on any atom is -0.395 e. The number of aliphatic hydroxyl groups is 1. The minimum absolute atomic E-state index is 0.0282. The number of aliphatic hydroxyl groups excluding tert-OH is 1. The fraction of sp³-hybridized carbons (Fsp3) is 0.500. The molecule has 7 heteroatoms. The van der Waals surface area contributed by atoms with Crippen LogP contribution in [0.25, 0.3) is 0 Å². The number of sulfonamides is 1. The smallest absolute Gasteiger partial charge is 0.242 e. The third-order valence-corrected chi connectivity index (χ3v) is 4.63. The van der Waals surface area contributed by atoms with Crippen molar-refractivity contribution in [1.29, 1.82) is 0 Å². The van der Waals surface area contributed by atoms with Crippen molar-refractivity contribution in [3.05, 3.63) is 24.0 Å². The summed E-state index contributed by atoms with van der Waals surface area (Å²) in [5, 5.41) is 8.68. The predicted octanol–water partition coefficient (Wildman–Crippen LogP) is 0.271. The molecule has 2 rings (SSSR count). The van der Waals surface area contributed by atoms with E-state index in [1.807, 2.05) is 6.92 Å². The highest BCUT2D eigenvalue weighted by Gasteiger charge is 2.29. The van der Waals surface area contributed by atoms with Crippen LogP contribution in [-0.2, 0) is 14.8 Å². The number of ether oxygens (including phenoxy) is 1. The Bertz CT molecular complexity index is 648. The van der Waals surface area contributed by atoms with E-state index in [1.165, 1.54) is 18.5 Å². The molecule has 1 aromatic rings. The number of nitrogens with zero attached hydrogens (tertiary/aromatic N) is 1. The molecule has 0 aliphatic carbocycles. The Kier molecular flexibility index (Phi) is 5.31. The molecule has 1 aliphatic rings. The number of hydrogen-bond acceptors (Lipinski definition) is 5. The van der Waals surface area contributed by atoms with Crippen LogP contribution in [0.3, 0.4) is 0 Å². The van der Waals surface area contributed by atoms with Crippen molar-refractivity contribution in [2.24, 2.45) is 0 Å². The van der Waals surface area contributed by atoms with Crippen molar-refractivity contribution in [1.82, 2.24) is 9.71 Å². The highest BCUT2D eigenvalue weighted by Crippen LogP contribution is 2.17. The summed E-state index contributed by atoms with van der Waals surface area (Å²) in [6.45, 7) is 2.37. The third kappa shape index (κ3) is 4.25. The van der Waals surface area contributed by atoms with Crippen LogP contribution >= 0.6 is 0 Å². The van der Waals surface area contributed by atoms with Gasteiger partial charge in [-0.05, 0) is 19.4 Å². The first-order chi connectivity index (χ1) is 10.0. The molecule has 0 bridgehead atoms. The molecule has 1 fully saturated rings. The molecule has 114 valence electrons. The van der Waals surface area contributed by atoms with Crippen molar-refractivity contribution in [3.63, 3.8) is 0 Å². The molecular formula is C14H18N2O4S. The van der Waals surface area contributed by atoms with Crippen LogP contribution in [0, 0.1) is 11.8 Å². The van der Waals surface area contributed by atoms with Gasteiger partial charge in [-0.2, -0.15) is 0 Å². The van der Waals surface area contributed by atoms with Gasteiger partial charge in [0.05, 0.1) is 18.8 Å². The lowest BCUT2D eigenvalue weighted by atomic mass is 10.2. The molecule has 0 saturated carbocycles. The standard InChI is InChI=1S/C14H18N2O4S/c1-11-14(5-7-20-11)16-21(18,19)13-8-12(9-15-10-13)4-2-3-6-17/h8-11,14,16-17H,3,5-7H2,1H3. The molecular weight excluding hydrogens is 292 g/mol. The van der Waals surface area contributed by atoms with E-state index in [0.717, 1.165) is 0 Å². The van der Waals surface area contributed by atoms with Crippen LogP contribution in [0.5, 0.6) is 0 Å². The lowest BCUT2D eigenvalue weighted by Gasteiger charge is -2.16. The molecule has 21 heavy (non-hydrogen) atoms. The molecule has 1 aromatic heterocycles. The van der Waals surface area contributed by atoms with Crippen LogP contribution in [0.15, 0.2) is 23.4 Å². The molecule has 2 unspecified atom stereocenters. The van der Waals surface area contributed by atoms with Gasteiger partial charge in [-0.1, -0.05) is 11.8 Å². The Morgan fingerprint density at radius 2 is 2.33 bits per heavy atom. The highest BCUT2D eigenvalue weighted by molar-refractivity contribution is 7.89. The summed E-state index contributed by atoms with van der Waals surface area (Å²) in [7, 11) is -3.64. The van der Waals surface area contributed by atoms with Gasteiger partial charge in [0.15, 0.2) is 0 Å². The number of nitrogens with one attached hydrogen (secondary N) is 1. The SMILES string of the molecule is CC1OCCC1NS(=O)(=O)c1cncc(C#CCCO)c1. The summed E-state index contributed by atoms with van der Waals surface area (Å²) in [6.07, 6.45) is 3.64. The Hall–Kier alpha value is -1.46. The zero-order chi connectivity index (χ0) is 15.3. The molecule has 0 radical (unpaired) electrons. The molecule has 1 saturated heterocycles. The van der Waals surface area contributed by atoms with Gasteiger partial charge in [0.1, 0.15) is 4.90 Å². The van der Waals surface area contributed by atoms with Crippen molar-refractivity contribution < 1.29 is 18.3 Å². The van der Waals surface area contributed by atoms with E-state index in [1.54, 1.807) is 0 Å². The van der Waals surface area contributed by atoms with Crippen molar-refractivity contribution in [2.75, 3.05) is 13.2 Å². The highest BCUT2D eigenvalue weighted by atomic mass is 32.2. The first-order valence-electron chi connectivity index (χ1n) is 6.71. The Balaban J connectivity index is 2.16. The largest absolute Gasteiger partial charge is 0.395 e. The molecule has 0 aromatic carbocycles. The molecule has 2 N–H and O–H groups in total. The molecule has 2 atom stereocenters. The monoisotopic (exact) mass is 310 g/mol. The molecule has 1 aliphatic heterocycles. The van der Waals surface area contributed by atoms with Crippen LogP contribution in [0.4, 0.5) is 0 Å². The maximum Gasteiger partial charge on any atom is 0.242 e. The van der Waals surface area contributed by atoms with Crippen LogP contribution in [0.1, 0.15) is 25.3 Å². The topological polar surface area (TPSA) is 88.5 Å². The minimum atomic E-state index is -3.64. The maximum absolute atomic E-state index is 12.3. The van der Waals surface area contributed by atoms with E-state index in [9.17, 15) is 8.42 Å². The summed E-state index contributed by atoms with van der Waals surface area (Å²) in [5.41, 5.74) is 0.502. The normalized spacial score (nSPS) is 21.8. The second-order valence-corrected chi connectivity index (χ2v) is 6.49. The molecule has 2 heterocycles. The van der Waals surface area contributed by atoms with E-state index in [4.69, 9.17) is 9.84 Å². The quantitative estimate of drug-likeness (QED) is 0.779. The van der Waals surface area contributed by atoms with Gasteiger partial charge in [0, 0.05) is 31.0 Å². The predicted molar refractivity (Wildman–Crippen MR) is 77.0 cm³/mol. The summed E-state index contributed by atoms with van der Waals surface area (Å²) in [6, 6.07) is 1.25. The molecule has 6 nitrogen and oxygen atoms in total. The van der Waals surface area contributed by atoms with Crippen molar-refractivity contribution in [3.8, 4) is 11.8 Å². The van der Waals surface area contributed by atoms with Gasteiger partial charge in [-0.3, -0.25) is 4.98 Å². The number of hydrogen-bond donors (Lipinski definition) is 2. The third-order valence-electron chi connectivity index (χ3n) is 3.18. The van der Waals surface area contributed by atoms with Crippen molar-refractivity contribution >= 4 is 10.0 Å². The van der Waals surface area contributed by atoms with Gasteiger partial charge in [-0.25, -0.2) is 13.1 Å². The van der Waals surface area contributed by atoms with Gasteiger partial charge >= 0.3 is 0 Å². The summed E-state index contributed by atoms with van der Waals surface area (Å²) >= 11 is 0. The number of aromatic nitrogens is 1. The Morgan fingerprint density at radius 1 is 1.52 bits per heavy atom. The van der Waals surface area contributed by atoms with E-state index in [-0.39, 0.29) is 23.6 Å². The number of pyridine rings is 1. The average Bonchev–Trinajstić information content (AvgIpc) is 2.84. The van der Waals surface area contributed by atoms with Crippen molar-refractivity contribution in [2.45, 2.75) is 36.8 Å². The molecule has 0 amide bonds. The first-order valence-corrected chi connectivity index (χ1v) is 8.20. The zero-order valence-corrected chi connectivity index (χ0v) is 12.6. The fourth-order valence-electron chi connectivity index (χ4n) is 2.01. The van der Waals surface area contributed by atoms with Gasteiger partial charge in [0.25, 0.3) is 0 Å². The first kappa shape index (κ1) is 15.9. The van der Waals surface area contributed by atoms with E-state index < -0.39 is 10.0 Å². The lowest BCUT2D eigenvalue weighted by molar-refractivity contribution is 0.117. The van der Waals surface area contributed by atoms with E-state index in [2.05, 4.69) is 21.5 Å². The second-order valence-electron chi connectivity index (χ2n) is 4.78. The molecule has 0 spiro atoms. The fourth-order valence-corrected chi connectivity index (χ4v) is 3.33. The second kappa shape index (κ2) is 7.00. The number of rotatable bonds is 4. The zero-order valence-electron chi connectivity index (χ0n) is 11.7. The summed E-state index contributed by atoms with van der Waals surface area (Å²) < 4.78 is 32.6. The lowest BCUT2D eigenvalue weighted by Crippen LogP contribution is -2.39. The van der Waals surface area contributed by atoms with E-state index >= 15 is 0 Å². The van der Waals surface area contributed by atoms with Gasteiger partial charge in [0.2, 0.25) is 10.0 Å². The summed E-state index contributed by atoms with van der Waals surface area (Å²) in [5.74, 6) is 5.51. The van der Waals surface area contributed by atoms with Crippen LogP contribution in [0.2, 0.25) is 0 Å². The van der Waals surface area contributed by atoms with E-state index in [0.29, 0.717) is 25.0 Å². The average molecular weight is 310 g/mol. The van der Waals surface area contributed by atoms with Crippen LogP contribution in [-0.4, -0.2) is 43.9 Å². The summed E-state index contributed by atoms with van der Waals surface area (Å²) in [4.78, 5) is 3.99. The van der Waals surface area contributed by atoms with Gasteiger partial charge < -0.3 is 9.84 Å².